The summed E-state index contributed by atoms with van der Waals surface area (Å²) >= 11 is 0. The Morgan fingerprint density at radius 2 is 1.96 bits per heavy atom. The van der Waals surface area contributed by atoms with Crippen molar-refractivity contribution in [3.05, 3.63) is 34.9 Å². The maximum Gasteiger partial charge on any atom is 0.257 e. The minimum absolute atomic E-state index is 0. The van der Waals surface area contributed by atoms with Crippen LogP contribution >= 0.6 is 12.4 Å². The fourth-order valence-corrected chi connectivity index (χ4v) is 3.35. The highest BCUT2D eigenvalue weighted by Crippen LogP contribution is 2.29. The number of nitrogens with zero attached hydrogens (tertiary/aromatic N) is 1. The Morgan fingerprint density at radius 1 is 1.25 bits per heavy atom. The van der Waals surface area contributed by atoms with Crippen molar-refractivity contribution in [2.75, 3.05) is 32.8 Å². The zero-order valence-corrected chi connectivity index (χ0v) is 14.5. The van der Waals surface area contributed by atoms with Gasteiger partial charge >= 0.3 is 0 Å². The summed E-state index contributed by atoms with van der Waals surface area (Å²) in [5, 5.41) is 3.21. The van der Waals surface area contributed by atoms with E-state index in [1.807, 2.05) is 6.92 Å². The standard InChI is InChI=1S/C17H22F2N2O2.ClH/c1-11-10-21(6-7-23-11)17(22)14-9-15(18)13(8-16(14)19)12-2-4-20-5-3-12;/h8-9,11-12,20H,2-7,10H2,1H3;1H/t11-;/m1./s1. The first-order chi connectivity index (χ1) is 11.1. The van der Waals surface area contributed by atoms with E-state index < -0.39 is 17.5 Å². The van der Waals surface area contributed by atoms with E-state index in [1.165, 1.54) is 11.0 Å². The lowest BCUT2D eigenvalue weighted by Crippen LogP contribution is -2.44. The van der Waals surface area contributed by atoms with Crippen LogP contribution < -0.4 is 5.32 Å². The first-order valence-electron chi connectivity index (χ1n) is 8.17. The molecule has 3 rings (SSSR count). The van der Waals surface area contributed by atoms with Crippen molar-refractivity contribution in [2.24, 2.45) is 0 Å². The van der Waals surface area contributed by atoms with Crippen LogP contribution in [0.1, 0.15) is 41.6 Å². The van der Waals surface area contributed by atoms with E-state index in [4.69, 9.17) is 4.74 Å². The van der Waals surface area contributed by atoms with Crippen molar-refractivity contribution in [1.29, 1.82) is 0 Å². The van der Waals surface area contributed by atoms with Gasteiger partial charge in [-0.05, 0) is 56.5 Å². The molecule has 1 N–H and O–H groups in total. The van der Waals surface area contributed by atoms with Gasteiger partial charge in [0.15, 0.2) is 0 Å². The Bertz CT molecular complexity index is 594. The topological polar surface area (TPSA) is 41.6 Å². The second-order valence-electron chi connectivity index (χ2n) is 6.31. The van der Waals surface area contributed by atoms with Gasteiger partial charge in [-0.3, -0.25) is 4.79 Å². The molecule has 7 heteroatoms. The van der Waals surface area contributed by atoms with Gasteiger partial charge in [0.25, 0.3) is 5.91 Å². The molecule has 0 aliphatic carbocycles. The third-order valence-corrected chi connectivity index (χ3v) is 4.62. The summed E-state index contributed by atoms with van der Waals surface area (Å²) in [5.41, 5.74) is 0.199. The minimum atomic E-state index is -0.635. The molecule has 0 unspecified atom stereocenters. The molecule has 1 atom stereocenters. The molecular formula is C17H23ClF2N2O2. The molecule has 2 fully saturated rings. The number of ether oxygens (including phenoxy) is 1. The Hall–Kier alpha value is -1.24. The number of carbonyl (C=O) groups excluding carboxylic acids is 1. The average Bonchev–Trinajstić information content (AvgIpc) is 2.57. The number of benzene rings is 1. The van der Waals surface area contributed by atoms with E-state index in [1.54, 1.807) is 0 Å². The lowest BCUT2D eigenvalue weighted by Gasteiger charge is -2.31. The number of halogens is 3. The molecule has 2 aliphatic rings. The number of amides is 1. The van der Waals surface area contributed by atoms with E-state index in [-0.39, 0.29) is 30.0 Å². The van der Waals surface area contributed by atoms with Crippen LogP contribution in [0.5, 0.6) is 0 Å². The van der Waals surface area contributed by atoms with Crippen molar-refractivity contribution < 1.29 is 18.3 Å². The quantitative estimate of drug-likeness (QED) is 0.881. The lowest BCUT2D eigenvalue weighted by molar-refractivity contribution is -0.0126. The van der Waals surface area contributed by atoms with Crippen molar-refractivity contribution in [2.45, 2.75) is 31.8 Å². The molecule has 4 nitrogen and oxygen atoms in total. The van der Waals surface area contributed by atoms with E-state index >= 15 is 0 Å². The van der Waals surface area contributed by atoms with Crippen molar-refractivity contribution in [3.8, 4) is 0 Å². The summed E-state index contributed by atoms with van der Waals surface area (Å²) in [7, 11) is 0. The highest BCUT2D eigenvalue weighted by Gasteiger charge is 2.27. The highest BCUT2D eigenvalue weighted by atomic mass is 35.5. The Morgan fingerprint density at radius 3 is 2.62 bits per heavy atom. The highest BCUT2D eigenvalue weighted by molar-refractivity contribution is 5.94. The van der Waals surface area contributed by atoms with Gasteiger partial charge in [0, 0.05) is 13.1 Å². The maximum absolute atomic E-state index is 14.4. The van der Waals surface area contributed by atoms with Crippen LogP contribution in [0.4, 0.5) is 8.78 Å². The third-order valence-electron chi connectivity index (χ3n) is 4.62. The first kappa shape index (κ1) is 19.1. The number of rotatable bonds is 2. The number of carbonyl (C=O) groups is 1. The van der Waals surface area contributed by atoms with Crippen LogP contribution in [-0.4, -0.2) is 49.7 Å². The van der Waals surface area contributed by atoms with Crippen LogP contribution in [0.25, 0.3) is 0 Å². The lowest BCUT2D eigenvalue weighted by atomic mass is 9.89. The monoisotopic (exact) mass is 360 g/mol. The van der Waals surface area contributed by atoms with Crippen LogP contribution in [0.3, 0.4) is 0 Å². The minimum Gasteiger partial charge on any atom is -0.375 e. The summed E-state index contributed by atoms with van der Waals surface area (Å²) in [6.07, 6.45) is 1.48. The van der Waals surface area contributed by atoms with Gasteiger partial charge in [0.05, 0.1) is 18.3 Å². The molecule has 2 aliphatic heterocycles. The predicted molar refractivity (Wildman–Crippen MR) is 89.8 cm³/mol. The predicted octanol–water partition coefficient (Wildman–Crippen LogP) is 2.71. The SMILES string of the molecule is C[C@@H]1CN(C(=O)c2cc(F)c(C3CCNCC3)cc2F)CCO1.Cl. The number of nitrogens with one attached hydrogen (secondary N) is 1. The normalized spacial score (nSPS) is 22.1. The number of hydrogen-bond donors (Lipinski definition) is 1. The molecule has 0 bridgehead atoms. The summed E-state index contributed by atoms with van der Waals surface area (Å²) < 4.78 is 34.2. The van der Waals surface area contributed by atoms with Crippen molar-refractivity contribution >= 4 is 18.3 Å². The average molecular weight is 361 g/mol. The van der Waals surface area contributed by atoms with E-state index in [2.05, 4.69) is 5.32 Å². The molecule has 0 spiro atoms. The van der Waals surface area contributed by atoms with Gasteiger partial charge in [-0.1, -0.05) is 0 Å². The number of hydrogen-bond acceptors (Lipinski definition) is 3. The fraction of sp³-hybridized carbons (Fsp3) is 0.588. The second kappa shape index (κ2) is 8.23. The molecule has 1 aromatic rings. The Kier molecular flexibility index (Phi) is 6.54. The molecule has 0 radical (unpaired) electrons. The van der Waals surface area contributed by atoms with Crippen LogP contribution in [-0.2, 0) is 4.74 Å². The fourth-order valence-electron chi connectivity index (χ4n) is 3.35. The molecule has 0 saturated carbocycles. The van der Waals surface area contributed by atoms with Gasteiger partial charge in [-0.25, -0.2) is 8.78 Å². The molecular weight excluding hydrogens is 338 g/mol. The summed E-state index contributed by atoms with van der Waals surface area (Å²) in [4.78, 5) is 14.0. The summed E-state index contributed by atoms with van der Waals surface area (Å²) in [5.74, 6) is -1.57. The molecule has 2 heterocycles. The van der Waals surface area contributed by atoms with E-state index in [0.29, 0.717) is 25.3 Å². The van der Waals surface area contributed by atoms with Gasteiger partial charge in [0.2, 0.25) is 0 Å². The molecule has 1 amide bonds. The smallest absolute Gasteiger partial charge is 0.257 e. The molecule has 2 saturated heterocycles. The van der Waals surface area contributed by atoms with Crippen LogP contribution in [0, 0.1) is 11.6 Å². The van der Waals surface area contributed by atoms with Crippen LogP contribution in [0.2, 0.25) is 0 Å². The second-order valence-corrected chi connectivity index (χ2v) is 6.31. The van der Waals surface area contributed by atoms with Crippen LogP contribution in [0.15, 0.2) is 12.1 Å². The first-order valence-corrected chi connectivity index (χ1v) is 8.17. The molecule has 24 heavy (non-hydrogen) atoms. The van der Waals surface area contributed by atoms with Gasteiger partial charge in [-0.15, -0.1) is 12.4 Å². The summed E-state index contributed by atoms with van der Waals surface area (Å²) in [6, 6.07) is 2.28. The van der Waals surface area contributed by atoms with E-state index in [9.17, 15) is 13.6 Å². The zero-order chi connectivity index (χ0) is 16.4. The number of piperidine rings is 1. The Labute approximate surface area is 147 Å². The van der Waals surface area contributed by atoms with Gasteiger partial charge in [0.1, 0.15) is 11.6 Å². The largest absolute Gasteiger partial charge is 0.375 e. The molecule has 0 aromatic heterocycles. The third kappa shape index (κ3) is 4.05. The van der Waals surface area contributed by atoms with Gasteiger partial charge < -0.3 is 15.0 Å². The van der Waals surface area contributed by atoms with Crippen molar-refractivity contribution in [1.82, 2.24) is 10.2 Å². The maximum atomic E-state index is 14.4. The van der Waals surface area contributed by atoms with Crippen molar-refractivity contribution in [3.63, 3.8) is 0 Å². The number of morpholine rings is 1. The van der Waals surface area contributed by atoms with Gasteiger partial charge in [-0.2, -0.15) is 0 Å². The summed E-state index contributed by atoms with van der Waals surface area (Å²) in [6.45, 7) is 4.69. The van der Waals surface area contributed by atoms with E-state index in [0.717, 1.165) is 32.0 Å². The molecule has 134 valence electrons. The Balaban J connectivity index is 0.00000208. The molecule has 1 aromatic carbocycles. The zero-order valence-electron chi connectivity index (χ0n) is 13.7.